The van der Waals surface area contributed by atoms with Crippen LogP contribution < -0.4 is 5.56 Å². The second kappa shape index (κ2) is 7.84. The number of amides is 1. The topological polar surface area (TPSA) is 68.3 Å². The summed E-state index contributed by atoms with van der Waals surface area (Å²) in [6.45, 7) is 2.09. The number of benzene rings is 1. The van der Waals surface area contributed by atoms with E-state index in [9.17, 15) is 9.59 Å². The van der Waals surface area contributed by atoms with E-state index in [0.717, 1.165) is 37.1 Å². The highest BCUT2D eigenvalue weighted by Crippen LogP contribution is 2.23. The molecule has 28 heavy (non-hydrogen) atoms. The van der Waals surface area contributed by atoms with Gasteiger partial charge in [-0.2, -0.15) is 0 Å². The third-order valence-corrected chi connectivity index (χ3v) is 5.15. The van der Waals surface area contributed by atoms with Crippen LogP contribution in [0.2, 0.25) is 0 Å². The fraction of sp³-hybridized carbons (Fsp3) is 0.318. The fourth-order valence-electron chi connectivity index (χ4n) is 3.66. The Bertz CT molecular complexity index is 1080. The molecule has 144 valence electrons. The molecule has 4 rings (SSSR count). The van der Waals surface area contributed by atoms with Gasteiger partial charge in [-0.3, -0.25) is 14.2 Å². The molecule has 0 saturated carbocycles. The van der Waals surface area contributed by atoms with Gasteiger partial charge in [0.05, 0.1) is 23.7 Å². The molecule has 2 heterocycles. The Morgan fingerprint density at radius 2 is 2.07 bits per heavy atom. The first-order chi connectivity index (χ1) is 13.6. The average molecular weight is 377 g/mol. The third kappa shape index (κ3) is 3.63. The van der Waals surface area contributed by atoms with Gasteiger partial charge in [0.25, 0.3) is 5.56 Å². The summed E-state index contributed by atoms with van der Waals surface area (Å²) in [5.74, 6) is 1.12. The van der Waals surface area contributed by atoms with E-state index < -0.39 is 0 Å². The summed E-state index contributed by atoms with van der Waals surface area (Å²) in [7, 11) is 0. The highest BCUT2D eigenvalue weighted by molar-refractivity contribution is 5.80. The summed E-state index contributed by atoms with van der Waals surface area (Å²) in [6, 6.07) is 10.9. The van der Waals surface area contributed by atoms with Crippen LogP contribution in [-0.4, -0.2) is 20.4 Å². The zero-order valence-electron chi connectivity index (χ0n) is 15.9. The number of aryl methyl sites for hydroxylation is 1. The molecule has 0 saturated heterocycles. The van der Waals surface area contributed by atoms with Crippen LogP contribution in [0.4, 0.5) is 0 Å². The molecule has 0 unspecified atom stereocenters. The van der Waals surface area contributed by atoms with E-state index in [4.69, 9.17) is 4.42 Å². The highest BCUT2D eigenvalue weighted by Gasteiger charge is 2.22. The highest BCUT2D eigenvalue weighted by atomic mass is 16.3. The summed E-state index contributed by atoms with van der Waals surface area (Å²) in [6.07, 6.45) is 7.75. The Morgan fingerprint density at radius 3 is 2.82 bits per heavy atom. The number of carbonyl (C=O) groups is 1. The summed E-state index contributed by atoms with van der Waals surface area (Å²) in [4.78, 5) is 32.4. The number of furan rings is 1. The Kier molecular flexibility index (Phi) is 5.10. The summed E-state index contributed by atoms with van der Waals surface area (Å²) < 4.78 is 6.92. The second-order valence-corrected chi connectivity index (χ2v) is 7.07. The number of carbonyl (C=O) groups excluding carboxylic acids is 1. The van der Waals surface area contributed by atoms with Gasteiger partial charge in [-0.1, -0.05) is 18.2 Å². The Morgan fingerprint density at radius 1 is 1.21 bits per heavy atom. The van der Waals surface area contributed by atoms with Gasteiger partial charge >= 0.3 is 0 Å². The first kappa shape index (κ1) is 18.2. The van der Waals surface area contributed by atoms with Gasteiger partial charge in [0.15, 0.2) is 0 Å². The lowest BCUT2D eigenvalue weighted by Gasteiger charge is -2.27. The van der Waals surface area contributed by atoms with Crippen molar-refractivity contribution in [2.45, 2.75) is 45.7 Å². The maximum atomic E-state index is 13.2. The quantitative estimate of drug-likeness (QED) is 0.678. The number of nitrogens with zero attached hydrogens (tertiary/aromatic N) is 3. The molecule has 1 aliphatic carbocycles. The van der Waals surface area contributed by atoms with E-state index >= 15 is 0 Å². The van der Waals surface area contributed by atoms with E-state index in [2.05, 4.69) is 11.1 Å². The number of fused-ring (bicyclic) bond motifs is 1. The van der Waals surface area contributed by atoms with E-state index in [1.165, 1.54) is 4.57 Å². The number of para-hydroxylation sites is 1. The Hall–Kier alpha value is -3.15. The van der Waals surface area contributed by atoms with Crippen molar-refractivity contribution >= 4 is 16.8 Å². The van der Waals surface area contributed by atoms with Gasteiger partial charge in [-0.05, 0) is 56.9 Å². The van der Waals surface area contributed by atoms with Crippen LogP contribution in [0.5, 0.6) is 0 Å². The smallest absolute Gasteiger partial charge is 0.261 e. The van der Waals surface area contributed by atoms with Crippen LogP contribution in [0.25, 0.3) is 10.9 Å². The van der Waals surface area contributed by atoms with Crippen molar-refractivity contribution in [3.05, 3.63) is 76.4 Å². The maximum Gasteiger partial charge on any atom is 0.261 e. The lowest BCUT2D eigenvalue weighted by Crippen LogP contribution is -2.37. The second-order valence-electron chi connectivity index (χ2n) is 7.07. The summed E-state index contributed by atoms with van der Waals surface area (Å²) in [5.41, 5.74) is 1.47. The van der Waals surface area contributed by atoms with Gasteiger partial charge < -0.3 is 9.32 Å². The number of hydrogen-bond donors (Lipinski definition) is 0. The lowest BCUT2D eigenvalue weighted by atomic mass is 10.0. The van der Waals surface area contributed by atoms with Crippen molar-refractivity contribution in [1.29, 1.82) is 0 Å². The predicted octanol–water partition coefficient (Wildman–Crippen LogP) is 3.78. The first-order valence-electron chi connectivity index (χ1n) is 9.61. The van der Waals surface area contributed by atoms with E-state index in [1.807, 2.05) is 30.3 Å². The van der Waals surface area contributed by atoms with Crippen molar-refractivity contribution in [2.75, 3.05) is 0 Å². The third-order valence-electron chi connectivity index (χ3n) is 5.15. The number of hydrogen-bond acceptors (Lipinski definition) is 4. The average Bonchev–Trinajstić information content (AvgIpc) is 3.23. The van der Waals surface area contributed by atoms with Crippen LogP contribution in [-0.2, 0) is 17.9 Å². The predicted molar refractivity (Wildman–Crippen MR) is 107 cm³/mol. The van der Waals surface area contributed by atoms with Crippen LogP contribution >= 0.6 is 0 Å². The van der Waals surface area contributed by atoms with Crippen molar-refractivity contribution in [3.8, 4) is 0 Å². The standard InChI is InChI=1S/C22H23N3O3/c1-16-23-20-12-6-5-11-19(20)22(27)24(16)15-21(26)25(14-18-10-7-13-28-18)17-8-3-2-4-9-17/h5-8,10-13H,2-4,9,14-15H2,1H3. The van der Waals surface area contributed by atoms with E-state index in [-0.39, 0.29) is 18.0 Å². The van der Waals surface area contributed by atoms with Gasteiger partial charge in [0, 0.05) is 5.70 Å². The molecule has 3 aromatic rings. The first-order valence-corrected chi connectivity index (χ1v) is 9.61. The molecule has 1 aliphatic rings. The molecular weight excluding hydrogens is 354 g/mol. The minimum atomic E-state index is -0.188. The van der Waals surface area contributed by atoms with Gasteiger partial charge in [0.2, 0.25) is 5.91 Å². The molecule has 0 spiro atoms. The zero-order valence-corrected chi connectivity index (χ0v) is 15.9. The molecule has 0 atom stereocenters. The number of allylic oxidation sites excluding steroid dienone is 2. The number of rotatable bonds is 5. The molecule has 0 aliphatic heterocycles. The molecule has 2 aromatic heterocycles. The SMILES string of the molecule is Cc1nc2ccccc2c(=O)n1CC(=O)N(Cc1ccco1)C1=CCCCC1. The molecule has 6 nitrogen and oxygen atoms in total. The maximum absolute atomic E-state index is 13.2. The molecule has 6 heteroatoms. The molecule has 0 bridgehead atoms. The summed E-state index contributed by atoms with van der Waals surface area (Å²) >= 11 is 0. The minimum absolute atomic E-state index is 0.0411. The minimum Gasteiger partial charge on any atom is -0.467 e. The summed E-state index contributed by atoms with van der Waals surface area (Å²) in [5, 5.41) is 0.523. The molecule has 0 radical (unpaired) electrons. The van der Waals surface area contributed by atoms with Crippen LogP contribution in [0.1, 0.15) is 37.3 Å². The van der Waals surface area contributed by atoms with E-state index in [1.54, 1.807) is 24.2 Å². The van der Waals surface area contributed by atoms with E-state index in [0.29, 0.717) is 23.3 Å². The fourth-order valence-corrected chi connectivity index (χ4v) is 3.66. The van der Waals surface area contributed by atoms with Crippen LogP contribution in [0, 0.1) is 6.92 Å². The van der Waals surface area contributed by atoms with Crippen molar-refractivity contribution in [3.63, 3.8) is 0 Å². The van der Waals surface area contributed by atoms with Crippen molar-refractivity contribution in [1.82, 2.24) is 14.5 Å². The van der Waals surface area contributed by atoms with Gasteiger partial charge in [-0.25, -0.2) is 4.98 Å². The van der Waals surface area contributed by atoms with Gasteiger partial charge in [0.1, 0.15) is 18.1 Å². The monoisotopic (exact) mass is 377 g/mol. The van der Waals surface area contributed by atoms with Crippen LogP contribution in [0.3, 0.4) is 0 Å². The molecule has 1 amide bonds. The van der Waals surface area contributed by atoms with Crippen molar-refractivity contribution in [2.24, 2.45) is 0 Å². The Balaban J connectivity index is 1.67. The lowest BCUT2D eigenvalue weighted by molar-refractivity contribution is -0.131. The largest absolute Gasteiger partial charge is 0.467 e. The molecule has 1 aromatic carbocycles. The van der Waals surface area contributed by atoms with Gasteiger partial charge in [-0.15, -0.1) is 0 Å². The number of aromatic nitrogens is 2. The molecule has 0 N–H and O–H groups in total. The van der Waals surface area contributed by atoms with Crippen LogP contribution in [0.15, 0.2) is 63.6 Å². The molecule has 0 fully saturated rings. The zero-order chi connectivity index (χ0) is 19.5. The Labute approximate surface area is 163 Å². The molecular formula is C22H23N3O3. The normalized spacial score (nSPS) is 14.1. The van der Waals surface area contributed by atoms with Crippen molar-refractivity contribution < 1.29 is 9.21 Å².